The Morgan fingerprint density at radius 3 is 2.63 bits per heavy atom. The minimum absolute atomic E-state index is 0.0117. The number of ether oxygens (including phenoxy) is 1. The molecule has 30 heavy (non-hydrogen) atoms. The Balaban J connectivity index is 1.56. The fraction of sp³-hybridized carbons (Fsp3) is 0.200. The molecule has 2 amide bonds. The lowest BCUT2D eigenvalue weighted by molar-refractivity contribution is -0.128. The van der Waals surface area contributed by atoms with Crippen molar-refractivity contribution >= 4 is 45.6 Å². The van der Waals surface area contributed by atoms with Crippen LogP contribution in [-0.4, -0.2) is 27.4 Å². The predicted octanol–water partition coefficient (Wildman–Crippen LogP) is 4.31. The first-order valence-corrected chi connectivity index (χ1v) is 10.1. The van der Waals surface area contributed by atoms with Gasteiger partial charge in [0.1, 0.15) is 11.6 Å². The van der Waals surface area contributed by atoms with E-state index in [1.165, 1.54) is 48.0 Å². The van der Waals surface area contributed by atoms with E-state index in [1.54, 1.807) is 25.3 Å². The molecule has 156 valence electrons. The van der Waals surface area contributed by atoms with Crippen LogP contribution < -0.4 is 15.4 Å². The van der Waals surface area contributed by atoms with Gasteiger partial charge in [0.05, 0.1) is 23.3 Å². The first kappa shape index (κ1) is 21.7. The number of anilines is 2. The molecule has 2 N–H and O–H groups in total. The van der Waals surface area contributed by atoms with Crippen LogP contribution in [0.1, 0.15) is 19.5 Å². The van der Waals surface area contributed by atoms with E-state index in [4.69, 9.17) is 16.3 Å². The van der Waals surface area contributed by atoms with Gasteiger partial charge < -0.3 is 10.1 Å². The third-order valence-electron chi connectivity index (χ3n) is 3.84. The normalized spacial score (nSPS) is 11.1. The van der Waals surface area contributed by atoms with Crippen LogP contribution in [0.15, 0.2) is 48.1 Å². The van der Waals surface area contributed by atoms with Crippen molar-refractivity contribution in [1.29, 1.82) is 0 Å². The molecule has 2 aromatic heterocycles. The topological polar surface area (TPSA) is 93.2 Å². The Hall–Kier alpha value is -3.04. The molecule has 0 saturated heterocycles. The molecule has 0 radical (unpaired) electrons. The minimum atomic E-state index is -1.21. The number of rotatable bonds is 7. The Bertz CT molecular complexity index is 1060. The van der Waals surface area contributed by atoms with Gasteiger partial charge in [-0.05, 0) is 38.1 Å². The molecule has 0 unspecified atom stereocenters. The number of hydrogen-bond acceptors (Lipinski definition) is 6. The van der Waals surface area contributed by atoms with Gasteiger partial charge in [-0.2, -0.15) is 0 Å². The highest BCUT2D eigenvalue weighted by Crippen LogP contribution is 2.23. The average Bonchev–Trinajstić information content (AvgIpc) is 3.10. The molecule has 3 rings (SSSR count). The highest BCUT2D eigenvalue weighted by molar-refractivity contribution is 7.14. The van der Waals surface area contributed by atoms with Crippen LogP contribution >= 0.6 is 22.9 Å². The number of nitrogens with one attached hydrogen (secondary N) is 2. The van der Waals surface area contributed by atoms with Crippen molar-refractivity contribution in [1.82, 2.24) is 9.97 Å². The van der Waals surface area contributed by atoms with E-state index < -0.39 is 11.5 Å². The molecule has 0 aliphatic rings. The maximum atomic E-state index is 12.9. The van der Waals surface area contributed by atoms with E-state index in [2.05, 4.69) is 20.6 Å². The van der Waals surface area contributed by atoms with Crippen molar-refractivity contribution in [2.75, 3.05) is 10.6 Å². The number of nitrogens with zero attached hydrogens (tertiary/aromatic N) is 2. The lowest BCUT2D eigenvalue weighted by atomic mass is 10.1. The van der Waals surface area contributed by atoms with E-state index in [9.17, 15) is 14.0 Å². The van der Waals surface area contributed by atoms with Gasteiger partial charge in [-0.3, -0.25) is 19.9 Å². The van der Waals surface area contributed by atoms with Crippen molar-refractivity contribution in [2.45, 2.75) is 25.9 Å². The zero-order valence-electron chi connectivity index (χ0n) is 16.1. The summed E-state index contributed by atoms with van der Waals surface area (Å²) in [7, 11) is 0. The molecular formula is C20H18ClFN4O3S. The molecule has 10 heteroatoms. The van der Waals surface area contributed by atoms with Gasteiger partial charge in [0, 0.05) is 23.3 Å². The molecule has 0 aliphatic carbocycles. The lowest BCUT2D eigenvalue weighted by Crippen LogP contribution is -2.42. The van der Waals surface area contributed by atoms with Gasteiger partial charge in [0.2, 0.25) is 5.91 Å². The number of pyridine rings is 1. The van der Waals surface area contributed by atoms with Crippen molar-refractivity contribution in [3.8, 4) is 5.75 Å². The standard InChI is InChI=1S/C20H18ClFN4O3S/c1-20(2,29-16-7-12(21)9-23-10-16)18(28)26-19-25-15(11-30-19)8-17(27)24-14-5-3-13(22)4-6-14/h3-7,9-11H,8H2,1-2H3,(H,24,27)(H,25,26,28). The molecular weight excluding hydrogens is 431 g/mol. The number of amides is 2. The molecule has 0 aliphatic heterocycles. The molecule has 0 spiro atoms. The van der Waals surface area contributed by atoms with Crippen molar-refractivity contribution in [3.63, 3.8) is 0 Å². The fourth-order valence-corrected chi connectivity index (χ4v) is 3.25. The summed E-state index contributed by atoms with van der Waals surface area (Å²) in [6.07, 6.45) is 2.94. The van der Waals surface area contributed by atoms with Crippen molar-refractivity contribution in [2.24, 2.45) is 0 Å². The maximum absolute atomic E-state index is 12.9. The molecule has 0 bridgehead atoms. The summed E-state index contributed by atoms with van der Waals surface area (Å²) in [5, 5.41) is 7.75. The summed E-state index contributed by atoms with van der Waals surface area (Å²) >= 11 is 7.08. The van der Waals surface area contributed by atoms with E-state index in [0.717, 1.165) is 0 Å². The Kier molecular flexibility index (Phi) is 6.63. The van der Waals surface area contributed by atoms with E-state index in [-0.39, 0.29) is 18.1 Å². The number of carbonyl (C=O) groups excluding carboxylic acids is 2. The summed E-state index contributed by atoms with van der Waals surface area (Å²) in [5.41, 5.74) is -0.231. The second-order valence-corrected chi connectivity index (χ2v) is 8.08. The third-order valence-corrected chi connectivity index (χ3v) is 4.85. The van der Waals surface area contributed by atoms with Gasteiger partial charge in [0.15, 0.2) is 10.7 Å². The Labute approximate surface area is 181 Å². The van der Waals surface area contributed by atoms with Crippen LogP contribution in [-0.2, 0) is 16.0 Å². The first-order valence-electron chi connectivity index (χ1n) is 8.82. The molecule has 3 aromatic rings. The smallest absolute Gasteiger partial charge is 0.269 e. The summed E-state index contributed by atoms with van der Waals surface area (Å²) in [4.78, 5) is 32.9. The zero-order valence-corrected chi connectivity index (χ0v) is 17.7. The highest BCUT2D eigenvalue weighted by atomic mass is 35.5. The number of halogens is 2. The van der Waals surface area contributed by atoms with Crippen LogP contribution in [0.2, 0.25) is 5.02 Å². The Morgan fingerprint density at radius 2 is 1.93 bits per heavy atom. The Morgan fingerprint density at radius 1 is 1.20 bits per heavy atom. The number of aromatic nitrogens is 2. The van der Waals surface area contributed by atoms with Crippen LogP contribution in [0.25, 0.3) is 0 Å². The SMILES string of the molecule is CC(C)(Oc1cncc(Cl)c1)C(=O)Nc1nc(CC(=O)Nc2ccc(F)cc2)cs1. The second-order valence-electron chi connectivity index (χ2n) is 6.78. The van der Waals surface area contributed by atoms with E-state index in [1.807, 2.05) is 0 Å². The summed E-state index contributed by atoms with van der Waals surface area (Å²) in [6.45, 7) is 3.21. The number of thiazole rings is 1. The fourth-order valence-electron chi connectivity index (χ4n) is 2.39. The largest absolute Gasteiger partial charge is 0.476 e. The van der Waals surface area contributed by atoms with E-state index >= 15 is 0 Å². The van der Waals surface area contributed by atoms with Crippen LogP contribution in [0.5, 0.6) is 5.75 Å². The summed E-state index contributed by atoms with van der Waals surface area (Å²) < 4.78 is 18.6. The van der Waals surface area contributed by atoms with Gasteiger partial charge in [-0.25, -0.2) is 9.37 Å². The minimum Gasteiger partial charge on any atom is -0.476 e. The molecule has 0 saturated carbocycles. The first-order chi connectivity index (χ1) is 14.2. The van der Waals surface area contributed by atoms with Crippen LogP contribution in [0, 0.1) is 5.82 Å². The predicted molar refractivity (Wildman–Crippen MR) is 113 cm³/mol. The third kappa shape index (κ3) is 5.98. The number of hydrogen-bond donors (Lipinski definition) is 2. The molecule has 1 aromatic carbocycles. The summed E-state index contributed by atoms with van der Waals surface area (Å²) in [5.74, 6) is -0.743. The van der Waals surface area contributed by atoms with Gasteiger partial charge in [-0.15, -0.1) is 11.3 Å². The summed E-state index contributed by atoms with van der Waals surface area (Å²) in [6, 6.07) is 7.02. The second kappa shape index (κ2) is 9.19. The molecule has 2 heterocycles. The van der Waals surface area contributed by atoms with Gasteiger partial charge >= 0.3 is 0 Å². The maximum Gasteiger partial charge on any atom is 0.269 e. The molecule has 0 fully saturated rings. The van der Waals surface area contributed by atoms with Crippen LogP contribution in [0.4, 0.5) is 15.2 Å². The highest BCUT2D eigenvalue weighted by Gasteiger charge is 2.31. The van der Waals surface area contributed by atoms with E-state index in [0.29, 0.717) is 27.3 Å². The number of carbonyl (C=O) groups is 2. The van der Waals surface area contributed by atoms with Crippen molar-refractivity contribution < 1.29 is 18.7 Å². The lowest BCUT2D eigenvalue weighted by Gasteiger charge is -2.24. The number of benzene rings is 1. The molecule has 7 nitrogen and oxygen atoms in total. The average molecular weight is 449 g/mol. The van der Waals surface area contributed by atoms with Gasteiger partial charge in [-0.1, -0.05) is 11.6 Å². The van der Waals surface area contributed by atoms with Gasteiger partial charge in [0.25, 0.3) is 5.91 Å². The van der Waals surface area contributed by atoms with Crippen LogP contribution in [0.3, 0.4) is 0 Å². The zero-order chi connectivity index (χ0) is 21.7. The quantitative estimate of drug-likeness (QED) is 0.561. The van der Waals surface area contributed by atoms with Crippen molar-refractivity contribution in [3.05, 3.63) is 64.6 Å². The monoisotopic (exact) mass is 448 g/mol. The molecule has 0 atom stereocenters.